The summed E-state index contributed by atoms with van der Waals surface area (Å²) in [7, 11) is 1.57. The predicted octanol–water partition coefficient (Wildman–Crippen LogP) is 1.90. The van der Waals surface area contributed by atoms with E-state index in [0.29, 0.717) is 18.1 Å². The summed E-state index contributed by atoms with van der Waals surface area (Å²) in [6.45, 7) is 2.49. The van der Waals surface area contributed by atoms with Gasteiger partial charge in [-0.15, -0.1) is 0 Å². The first kappa shape index (κ1) is 10.4. The Hall–Kier alpha value is -1.71. The lowest BCUT2D eigenvalue weighted by molar-refractivity contribution is 0.310. The summed E-state index contributed by atoms with van der Waals surface area (Å²) in [5, 5.41) is 11.3. The second-order valence-electron chi connectivity index (χ2n) is 2.59. The van der Waals surface area contributed by atoms with Gasteiger partial charge < -0.3 is 14.7 Å². The molecule has 0 fully saturated rings. The van der Waals surface area contributed by atoms with E-state index in [-0.39, 0.29) is 0 Å². The summed E-state index contributed by atoms with van der Waals surface area (Å²) in [5.74, 6) is 1.31. The zero-order chi connectivity index (χ0) is 10.4. The molecule has 0 heterocycles. The summed E-state index contributed by atoms with van der Waals surface area (Å²) < 4.78 is 10.4. The molecule has 0 bridgehead atoms. The third-order valence-corrected chi connectivity index (χ3v) is 1.69. The van der Waals surface area contributed by atoms with Crippen LogP contribution in [0.1, 0.15) is 12.5 Å². The molecule has 1 rings (SSSR count). The first-order chi connectivity index (χ1) is 6.81. The van der Waals surface area contributed by atoms with E-state index in [9.17, 15) is 0 Å². The second-order valence-corrected chi connectivity index (χ2v) is 2.59. The van der Waals surface area contributed by atoms with Crippen LogP contribution in [0.4, 0.5) is 0 Å². The van der Waals surface area contributed by atoms with E-state index in [1.165, 1.54) is 6.21 Å². The number of nitrogens with zero attached hydrogens (tertiary/aromatic N) is 1. The van der Waals surface area contributed by atoms with Gasteiger partial charge in [-0.05, 0) is 25.1 Å². The van der Waals surface area contributed by atoms with Crippen LogP contribution in [0, 0.1) is 0 Å². The number of oxime groups is 1. The SMILES string of the molecule is CCOc1ccc(C=NO)cc1OC. The topological polar surface area (TPSA) is 51.0 Å². The highest BCUT2D eigenvalue weighted by atomic mass is 16.5. The van der Waals surface area contributed by atoms with Gasteiger partial charge in [-0.3, -0.25) is 0 Å². The summed E-state index contributed by atoms with van der Waals surface area (Å²) >= 11 is 0. The van der Waals surface area contributed by atoms with Gasteiger partial charge in [-0.1, -0.05) is 5.16 Å². The molecule has 4 heteroatoms. The fourth-order valence-corrected chi connectivity index (χ4v) is 1.11. The van der Waals surface area contributed by atoms with Gasteiger partial charge in [-0.25, -0.2) is 0 Å². The zero-order valence-corrected chi connectivity index (χ0v) is 8.23. The number of hydrogen-bond donors (Lipinski definition) is 1. The Bertz CT molecular complexity index is 323. The maximum atomic E-state index is 8.35. The van der Waals surface area contributed by atoms with Crippen molar-refractivity contribution in [3.05, 3.63) is 23.8 Å². The first-order valence-electron chi connectivity index (χ1n) is 4.30. The van der Waals surface area contributed by atoms with Gasteiger partial charge in [0.15, 0.2) is 11.5 Å². The Morgan fingerprint density at radius 2 is 2.21 bits per heavy atom. The minimum atomic E-state index is 0.587. The van der Waals surface area contributed by atoms with Crippen LogP contribution in [-0.4, -0.2) is 25.1 Å². The largest absolute Gasteiger partial charge is 0.493 e. The Morgan fingerprint density at radius 1 is 1.43 bits per heavy atom. The molecule has 1 N–H and O–H groups in total. The van der Waals surface area contributed by atoms with E-state index in [2.05, 4.69) is 5.16 Å². The third-order valence-electron chi connectivity index (χ3n) is 1.69. The van der Waals surface area contributed by atoms with E-state index in [1.807, 2.05) is 6.92 Å². The van der Waals surface area contributed by atoms with Crippen LogP contribution in [0.15, 0.2) is 23.4 Å². The number of hydrogen-bond acceptors (Lipinski definition) is 4. The smallest absolute Gasteiger partial charge is 0.161 e. The molecule has 76 valence electrons. The van der Waals surface area contributed by atoms with Crippen LogP contribution < -0.4 is 9.47 Å². The highest BCUT2D eigenvalue weighted by Gasteiger charge is 2.03. The van der Waals surface area contributed by atoms with Crippen molar-refractivity contribution in [1.82, 2.24) is 0 Å². The Labute approximate surface area is 82.8 Å². The minimum absolute atomic E-state index is 0.587. The van der Waals surface area contributed by atoms with Crippen molar-refractivity contribution in [2.24, 2.45) is 5.16 Å². The maximum Gasteiger partial charge on any atom is 0.161 e. The quantitative estimate of drug-likeness (QED) is 0.453. The fraction of sp³-hybridized carbons (Fsp3) is 0.300. The molecule has 0 aliphatic heterocycles. The first-order valence-corrected chi connectivity index (χ1v) is 4.30. The molecule has 0 aromatic heterocycles. The highest BCUT2D eigenvalue weighted by molar-refractivity contribution is 5.80. The lowest BCUT2D eigenvalue weighted by atomic mass is 10.2. The molecule has 0 spiro atoms. The average Bonchev–Trinajstić information content (AvgIpc) is 2.21. The summed E-state index contributed by atoms with van der Waals surface area (Å²) in [5.41, 5.74) is 0.757. The molecule has 14 heavy (non-hydrogen) atoms. The van der Waals surface area contributed by atoms with Crippen LogP contribution in [0.5, 0.6) is 11.5 Å². The molecule has 1 aromatic carbocycles. The van der Waals surface area contributed by atoms with Gasteiger partial charge in [0.05, 0.1) is 19.9 Å². The molecular formula is C10H13NO3. The number of ether oxygens (including phenoxy) is 2. The molecular weight excluding hydrogens is 182 g/mol. The molecule has 0 aliphatic rings. The van der Waals surface area contributed by atoms with Crippen molar-refractivity contribution < 1.29 is 14.7 Å². The van der Waals surface area contributed by atoms with Gasteiger partial charge in [0.25, 0.3) is 0 Å². The van der Waals surface area contributed by atoms with E-state index < -0.39 is 0 Å². The van der Waals surface area contributed by atoms with E-state index in [4.69, 9.17) is 14.7 Å². The van der Waals surface area contributed by atoms with E-state index in [0.717, 1.165) is 5.56 Å². The van der Waals surface area contributed by atoms with Crippen molar-refractivity contribution in [3.63, 3.8) is 0 Å². The summed E-state index contributed by atoms with van der Waals surface area (Å²) in [6.07, 6.45) is 1.33. The monoisotopic (exact) mass is 195 g/mol. The highest BCUT2D eigenvalue weighted by Crippen LogP contribution is 2.27. The molecule has 1 aromatic rings. The van der Waals surface area contributed by atoms with Crippen molar-refractivity contribution in [2.45, 2.75) is 6.92 Å². The Balaban J connectivity index is 2.98. The normalized spacial score (nSPS) is 10.4. The van der Waals surface area contributed by atoms with Crippen LogP contribution in [0.2, 0.25) is 0 Å². The van der Waals surface area contributed by atoms with Gasteiger partial charge in [0.1, 0.15) is 0 Å². The molecule has 0 saturated carbocycles. The van der Waals surface area contributed by atoms with Crippen LogP contribution in [0.3, 0.4) is 0 Å². The van der Waals surface area contributed by atoms with E-state index in [1.54, 1.807) is 25.3 Å². The van der Waals surface area contributed by atoms with Gasteiger partial charge in [0, 0.05) is 5.56 Å². The zero-order valence-electron chi connectivity index (χ0n) is 8.23. The number of methoxy groups -OCH3 is 1. The van der Waals surface area contributed by atoms with Crippen molar-refractivity contribution in [3.8, 4) is 11.5 Å². The molecule has 4 nitrogen and oxygen atoms in total. The van der Waals surface area contributed by atoms with Gasteiger partial charge >= 0.3 is 0 Å². The predicted molar refractivity (Wildman–Crippen MR) is 53.5 cm³/mol. The third kappa shape index (κ3) is 2.39. The van der Waals surface area contributed by atoms with Crippen LogP contribution >= 0.6 is 0 Å². The van der Waals surface area contributed by atoms with E-state index >= 15 is 0 Å². The summed E-state index contributed by atoms with van der Waals surface area (Å²) in [6, 6.07) is 5.30. The minimum Gasteiger partial charge on any atom is -0.493 e. The molecule has 0 amide bonds. The number of benzene rings is 1. The fourth-order valence-electron chi connectivity index (χ4n) is 1.11. The van der Waals surface area contributed by atoms with Crippen molar-refractivity contribution in [1.29, 1.82) is 0 Å². The standard InChI is InChI=1S/C10H13NO3/c1-3-14-9-5-4-8(7-11-12)6-10(9)13-2/h4-7,12H,3H2,1-2H3. The maximum absolute atomic E-state index is 8.35. The average molecular weight is 195 g/mol. The van der Waals surface area contributed by atoms with Gasteiger partial charge in [0.2, 0.25) is 0 Å². The van der Waals surface area contributed by atoms with Crippen LogP contribution in [-0.2, 0) is 0 Å². The molecule has 0 radical (unpaired) electrons. The van der Waals surface area contributed by atoms with Crippen LogP contribution in [0.25, 0.3) is 0 Å². The molecule has 0 unspecified atom stereocenters. The number of rotatable bonds is 4. The lowest BCUT2D eigenvalue weighted by Gasteiger charge is -2.08. The molecule has 0 saturated heterocycles. The Kier molecular flexibility index (Phi) is 3.79. The van der Waals surface area contributed by atoms with Crippen molar-refractivity contribution in [2.75, 3.05) is 13.7 Å². The molecule has 0 aliphatic carbocycles. The summed E-state index contributed by atoms with van der Waals surface area (Å²) in [4.78, 5) is 0. The van der Waals surface area contributed by atoms with Crippen molar-refractivity contribution >= 4 is 6.21 Å². The second kappa shape index (κ2) is 5.11. The lowest BCUT2D eigenvalue weighted by Crippen LogP contribution is -1.96. The Morgan fingerprint density at radius 3 is 2.79 bits per heavy atom. The molecule has 0 atom stereocenters. The van der Waals surface area contributed by atoms with Gasteiger partial charge in [-0.2, -0.15) is 0 Å².